The summed E-state index contributed by atoms with van der Waals surface area (Å²) in [5, 5.41) is 3.46. The van der Waals surface area contributed by atoms with Crippen molar-refractivity contribution < 1.29 is 13.2 Å². The van der Waals surface area contributed by atoms with Crippen molar-refractivity contribution >= 4 is 27.3 Å². The van der Waals surface area contributed by atoms with Crippen molar-refractivity contribution in [2.24, 2.45) is 0 Å². The van der Waals surface area contributed by atoms with Gasteiger partial charge in [-0.25, -0.2) is 8.42 Å². The second kappa shape index (κ2) is 8.59. The SMILES string of the molecule is O=C(c1ccc(NS(=O)(=O)c2ccccc2)cc1)N1CCC(Nc2ccccc2)C1. The van der Waals surface area contributed by atoms with E-state index in [1.54, 1.807) is 42.5 Å². The van der Waals surface area contributed by atoms with Crippen LogP contribution in [0.25, 0.3) is 0 Å². The molecule has 30 heavy (non-hydrogen) atoms. The molecule has 1 saturated heterocycles. The number of hydrogen-bond acceptors (Lipinski definition) is 4. The molecule has 1 aliphatic rings. The lowest BCUT2D eigenvalue weighted by atomic mass is 10.2. The van der Waals surface area contributed by atoms with Crippen molar-refractivity contribution in [1.82, 2.24) is 4.90 Å². The fourth-order valence-corrected chi connectivity index (χ4v) is 4.59. The van der Waals surface area contributed by atoms with Crippen molar-refractivity contribution in [2.45, 2.75) is 17.4 Å². The van der Waals surface area contributed by atoms with Crippen molar-refractivity contribution in [3.8, 4) is 0 Å². The van der Waals surface area contributed by atoms with Crippen molar-refractivity contribution in [3.63, 3.8) is 0 Å². The average Bonchev–Trinajstić information content (AvgIpc) is 3.23. The van der Waals surface area contributed by atoms with E-state index in [0.29, 0.717) is 24.3 Å². The molecule has 0 bridgehead atoms. The van der Waals surface area contributed by atoms with Crippen LogP contribution in [0.5, 0.6) is 0 Å². The van der Waals surface area contributed by atoms with Gasteiger partial charge in [0.15, 0.2) is 0 Å². The second-order valence-electron chi connectivity index (χ2n) is 7.24. The Morgan fingerprint density at radius 3 is 2.13 bits per heavy atom. The third kappa shape index (κ3) is 4.63. The summed E-state index contributed by atoms with van der Waals surface area (Å²) in [4.78, 5) is 14.8. The lowest BCUT2D eigenvalue weighted by Gasteiger charge is -2.18. The minimum absolute atomic E-state index is 0.0511. The molecule has 3 aromatic rings. The minimum Gasteiger partial charge on any atom is -0.380 e. The van der Waals surface area contributed by atoms with Gasteiger partial charge in [0.2, 0.25) is 0 Å². The van der Waals surface area contributed by atoms with Crippen LogP contribution in [-0.2, 0) is 10.0 Å². The minimum atomic E-state index is -3.65. The number of nitrogens with one attached hydrogen (secondary N) is 2. The molecule has 1 atom stereocenters. The van der Waals surface area contributed by atoms with Crippen LogP contribution in [0.2, 0.25) is 0 Å². The third-order valence-corrected chi connectivity index (χ3v) is 6.45. The number of nitrogens with zero attached hydrogens (tertiary/aromatic N) is 1. The molecule has 3 aromatic carbocycles. The van der Waals surface area contributed by atoms with E-state index in [2.05, 4.69) is 10.0 Å². The first-order valence-electron chi connectivity index (χ1n) is 9.80. The van der Waals surface area contributed by atoms with Crippen LogP contribution >= 0.6 is 0 Å². The molecule has 1 unspecified atom stereocenters. The average molecular weight is 422 g/mol. The Balaban J connectivity index is 1.38. The van der Waals surface area contributed by atoms with Gasteiger partial charge in [-0.15, -0.1) is 0 Å². The summed E-state index contributed by atoms with van der Waals surface area (Å²) in [6.07, 6.45) is 0.885. The van der Waals surface area contributed by atoms with Gasteiger partial charge in [0.1, 0.15) is 0 Å². The molecule has 1 heterocycles. The van der Waals surface area contributed by atoms with E-state index in [0.717, 1.165) is 12.1 Å². The Morgan fingerprint density at radius 2 is 1.47 bits per heavy atom. The molecule has 0 radical (unpaired) electrons. The van der Waals surface area contributed by atoms with Gasteiger partial charge in [0, 0.05) is 36.1 Å². The van der Waals surface area contributed by atoms with Gasteiger partial charge in [0.05, 0.1) is 4.90 Å². The fourth-order valence-electron chi connectivity index (χ4n) is 3.51. The standard InChI is InChI=1S/C23H23N3O3S/c27-23(26-16-15-21(17-26)24-19-7-3-1-4-8-19)18-11-13-20(14-12-18)25-30(28,29)22-9-5-2-6-10-22/h1-14,21,24-25H,15-17H2. The molecular weight excluding hydrogens is 398 g/mol. The number of rotatable bonds is 6. The smallest absolute Gasteiger partial charge is 0.261 e. The van der Waals surface area contributed by atoms with Gasteiger partial charge in [-0.3, -0.25) is 9.52 Å². The zero-order valence-corrected chi connectivity index (χ0v) is 17.2. The highest BCUT2D eigenvalue weighted by Gasteiger charge is 2.27. The number of hydrogen-bond donors (Lipinski definition) is 2. The highest BCUT2D eigenvalue weighted by atomic mass is 32.2. The first kappa shape index (κ1) is 20.0. The van der Waals surface area contributed by atoms with Crippen LogP contribution in [0, 0.1) is 0 Å². The van der Waals surface area contributed by atoms with E-state index in [9.17, 15) is 13.2 Å². The zero-order chi connectivity index (χ0) is 21.0. The van der Waals surface area contributed by atoms with E-state index >= 15 is 0 Å². The largest absolute Gasteiger partial charge is 0.380 e. The number of para-hydroxylation sites is 1. The number of carbonyl (C=O) groups excluding carboxylic acids is 1. The molecule has 6 nitrogen and oxygen atoms in total. The van der Waals surface area contributed by atoms with Crippen LogP contribution in [0.1, 0.15) is 16.8 Å². The van der Waals surface area contributed by atoms with Crippen LogP contribution < -0.4 is 10.0 Å². The predicted octanol–water partition coefficient (Wildman–Crippen LogP) is 3.81. The molecule has 154 valence electrons. The summed E-state index contributed by atoms with van der Waals surface area (Å²) in [5.41, 5.74) is 2.00. The van der Waals surface area contributed by atoms with Gasteiger partial charge < -0.3 is 10.2 Å². The van der Waals surface area contributed by atoms with Crippen LogP contribution in [0.3, 0.4) is 0 Å². The number of carbonyl (C=O) groups is 1. The van der Waals surface area contributed by atoms with Crippen LogP contribution in [0.4, 0.5) is 11.4 Å². The predicted molar refractivity (Wildman–Crippen MR) is 118 cm³/mol. The third-order valence-electron chi connectivity index (χ3n) is 5.06. The van der Waals surface area contributed by atoms with Gasteiger partial charge in [-0.1, -0.05) is 36.4 Å². The Hall–Kier alpha value is -3.32. The summed E-state index contributed by atoms with van der Waals surface area (Å²) in [5.74, 6) is -0.0511. The first-order chi connectivity index (χ1) is 14.5. The maximum atomic E-state index is 12.8. The maximum absolute atomic E-state index is 12.8. The molecule has 1 aliphatic heterocycles. The second-order valence-corrected chi connectivity index (χ2v) is 8.93. The summed E-state index contributed by atoms with van der Waals surface area (Å²) >= 11 is 0. The van der Waals surface area contributed by atoms with E-state index in [1.165, 1.54) is 12.1 Å². The van der Waals surface area contributed by atoms with E-state index in [1.807, 2.05) is 35.2 Å². The van der Waals surface area contributed by atoms with Gasteiger partial charge >= 0.3 is 0 Å². The van der Waals surface area contributed by atoms with Crippen molar-refractivity contribution in [3.05, 3.63) is 90.5 Å². The molecule has 0 aliphatic carbocycles. The van der Waals surface area contributed by atoms with Gasteiger partial charge in [-0.05, 0) is 55.0 Å². The molecule has 0 spiro atoms. The summed E-state index contributed by atoms with van der Waals surface area (Å²) < 4.78 is 27.4. The maximum Gasteiger partial charge on any atom is 0.261 e. The fraction of sp³-hybridized carbons (Fsp3) is 0.174. The van der Waals surface area contributed by atoms with E-state index in [4.69, 9.17) is 0 Å². The normalized spacial score (nSPS) is 16.3. The Labute approximate surface area is 176 Å². The van der Waals surface area contributed by atoms with E-state index < -0.39 is 10.0 Å². The highest BCUT2D eigenvalue weighted by molar-refractivity contribution is 7.92. The molecule has 1 fully saturated rings. The quantitative estimate of drug-likeness (QED) is 0.634. The highest BCUT2D eigenvalue weighted by Crippen LogP contribution is 2.20. The van der Waals surface area contributed by atoms with Crippen LogP contribution in [0.15, 0.2) is 89.8 Å². The molecule has 4 rings (SSSR count). The molecule has 0 aromatic heterocycles. The van der Waals surface area contributed by atoms with E-state index in [-0.39, 0.29) is 16.8 Å². The van der Waals surface area contributed by atoms with Crippen molar-refractivity contribution in [1.29, 1.82) is 0 Å². The molecule has 1 amide bonds. The molecule has 0 saturated carbocycles. The first-order valence-corrected chi connectivity index (χ1v) is 11.3. The summed E-state index contributed by atoms with van der Waals surface area (Å²) in [7, 11) is -3.65. The number of sulfonamides is 1. The Kier molecular flexibility index (Phi) is 5.72. The lowest BCUT2D eigenvalue weighted by molar-refractivity contribution is 0.0791. The molecule has 2 N–H and O–H groups in total. The number of likely N-dealkylation sites (tertiary alicyclic amines) is 1. The van der Waals surface area contributed by atoms with Crippen molar-refractivity contribution in [2.75, 3.05) is 23.1 Å². The Morgan fingerprint density at radius 1 is 0.833 bits per heavy atom. The Bertz CT molecular complexity index is 1100. The number of benzene rings is 3. The van der Waals surface area contributed by atoms with Gasteiger partial charge in [0.25, 0.3) is 15.9 Å². The lowest BCUT2D eigenvalue weighted by Crippen LogP contribution is -2.31. The number of amides is 1. The zero-order valence-electron chi connectivity index (χ0n) is 16.4. The molecular formula is C23H23N3O3S. The monoisotopic (exact) mass is 421 g/mol. The topological polar surface area (TPSA) is 78.5 Å². The number of anilines is 2. The van der Waals surface area contributed by atoms with Gasteiger partial charge in [-0.2, -0.15) is 0 Å². The van der Waals surface area contributed by atoms with Crippen LogP contribution in [-0.4, -0.2) is 38.4 Å². The summed E-state index contributed by atoms with van der Waals surface area (Å²) in [6.45, 7) is 1.32. The summed E-state index contributed by atoms with van der Waals surface area (Å²) in [6, 6.07) is 24.9. The molecule has 7 heteroatoms.